The van der Waals surface area contributed by atoms with Crippen molar-refractivity contribution >= 4 is 22.5 Å². The predicted octanol–water partition coefficient (Wildman–Crippen LogP) is 4.64. The second kappa shape index (κ2) is 8.46. The molecule has 4 aromatic rings. The molecule has 0 unspecified atom stereocenters. The van der Waals surface area contributed by atoms with Gasteiger partial charge in [-0.3, -0.25) is 0 Å². The summed E-state index contributed by atoms with van der Waals surface area (Å²) in [6, 6.07) is 20.6. The van der Waals surface area contributed by atoms with Gasteiger partial charge in [-0.25, -0.2) is 4.98 Å². The number of hydrogen-bond acceptors (Lipinski definition) is 6. The zero-order valence-corrected chi connectivity index (χ0v) is 18.7. The number of fused-ring (bicyclic) bond motifs is 1. The van der Waals surface area contributed by atoms with Gasteiger partial charge in [0.2, 0.25) is 0 Å². The molecule has 0 radical (unpaired) electrons. The third kappa shape index (κ3) is 3.84. The van der Waals surface area contributed by atoms with Crippen molar-refractivity contribution in [3.8, 4) is 17.0 Å². The Morgan fingerprint density at radius 2 is 1.47 bits per heavy atom. The van der Waals surface area contributed by atoms with Gasteiger partial charge in [0.1, 0.15) is 11.6 Å². The van der Waals surface area contributed by atoms with Crippen LogP contribution in [-0.4, -0.2) is 48.5 Å². The molecule has 0 bridgehead atoms. The van der Waals surface area contributed by atoms with Gasteiger partial charge in [-0.05, 0) is 67.4 Å². The lowest BCUT2D eigenvalue weighted by Crippen LogP contribution is -2.47. The molecular weight excluding hydrogens is 398 g/mol. The van der Waals surface area contributed by atoms with Gasteiger partial charge in [-0.15, -0.1) is 10.2 Å². The van der Waals surface area contributed by atoms with Crippen molar-refractivity contribution in [3.05, 3.63) is 71.8 Å². The summed E-state index contributed by atoms with van der Waals surface area (Å²) in [6.45, 7) is 7.90. The number of hydrogen-bond donors (Lipinski definition) is 0. The lowest BCUT2D eigenvalue weighted by Gasteiger charge is -2.36. The quantitative estimate of drug-likeness (QED) is 0.475. The number of ether oxygens (including phenoxy) is 1. The number of methoxy groups -OCH3 is 1. The summed E-state index contributed by atoms with van der Waals surface area (Å²) in [5.74, 6) is 2.81. The molecular formula is C26H27N5O. The van der Waals surface area contributed by atoms with Gasteiger partial charge < -0.3 is 14.5 Å². The van der Waals surface area contributed by atoms with E-state index in [4.69, 9.17) is 9.72 Å². The Balaban J connectivity index is 1.28. The fourth-order valence-electron chi connectivity index (χ4n) is 4.28. The van der Waals surface area contributed by atoms with E-state index in [9.17, 15) is 0 Å². The third-order valence-electron chi connectivity index (χ3n) is 6.20. The molecule has 0 atom stereocenters. The first-order valence-corrected chi connectivity index (χ1v) is 11.0. The van der Waals surface area contributed by atoms with Crippen LogP contribution in [0.4, 0.5) is 11.6 Å². The molecule has 0 aliphatic carbocycles. The topological polar surface area (TPSA) is 54.4 Å². The number of pyridine rings is 1. The van der Waals surface area contributed by atoms with Crippen LogP contribution in [0.25, 0.3) is 22.2 Å². The smallest absolute Gasteiger partial charge is 0.151 e. The highest BCUT2D eigenvalue weighted by Crippen LogP contribution is 2.26. The Bertz CT molecular complexity index is 1230. The first kappa shape index (κ1) is 20.2. The van der Waals surface area contributed by atoms with Crippen LogP contribution < -0.4 is 14.5 Å². The highest BCUT2D eigenvalue weighted by Gasteiger charge is 2.20. The Hall–Kier alpha value is -3.67. The molecule has 6 heteroatoms. The van der Waals surface area contributed by atoms with Gasteiger partial charge >= 0.3 is 0 Å². The van der Waals surface area contributed by atoms with Crippen LogP contribution in [-0.2, 0) is 0 Å². The average molecular weight is 426 g/mol. The fraction of sp³-hybridized carbons (Fsp3) is 0.269. The monoisotopic (exact) mass is 425 g/mol. The van der Waals surface area contributed by atoms with Crippen molar-refractivity contribution in [1.82, 2.24) is 15.2 Å². The van der Waals surface area contributed by atoms with Gasteiger partial charge in [0.25, 0.3) is 0 Å². The molecule has 0 spiro atoms. The standard InChI is InChI=1S/C26H27N5O/c1-18-5-4-6-22-19(2)17-25(27-26(18)22)31-15-13-30(14-16-31)24-12-11-23(28-29-24)20-7-9-21(32-3)10-8-20/h4-12,17H,13-16H2,1-3H3. The summed E-state index contributed by atoms with van der Waals surface area (Å²) < 4.78 is 5.23. The molecule has 6 nitrogen and oxygen atoms in total. The van der Waals surface area contributed by atoms with Gasteiger partial charge in [-0.2, -0.15) is 0 Å². The van der Waals surface area contributed by atoms with Crippen LogP contribution in [0.15, 0.2) is 60.7 Å². The number of piperazine rings is 1. The number of anilines is 2. The minimum Gasteiger partial charge on any atom is -0.497 e. The number of rotatable bonds is 4. The summed E-state index contributed by atoms with van der Waals surface area (Å²) in [5, 5.41) is 10.2. The van der Waals surface area contributed by atoms with E-state index in [0.717, 1.165) is 60.3 Å². The molecule has 0 N–H and O–H groups in total. The van der Waals surface area contributed by atoms with Crippen molar-refractivity contribution in [1.29, 1.82) is 0 Å². The molecule has 1 saturated heterocycles. The fourth-order valence-corrected chi connectivity index (χ4v) is 4.28. The molecule has 2 aromatic carbocycles. The highest BCUT2D eigenvalue weighted by atomic mass is 16.5. The second-order valence-electron chi connectivity index (χ2n) is 8.25. The van der Waals surface area contributed by atoms with Crippen molar-refractivity contribution in [2.45, 2.75) is 13.8 Å². The summed E-state index contributed by atoms with van der Waals surface area (Å²) in [4.78, 5) is 9.65. The van der Waals surface area contributed by atoms with E-state index in [1.54, 1.807) is 7.11 Å². The molecule has 0 saturated carbocycles. The zero-order chi connectivity index (χ0) is 22.1. The first-order chi connectivity index (χ1) is 15.6. The van der Waals surface area contributed by atoms with Crippen LogP contribution >= 0.6 is 0 Å². The van der Waals surface area contributed by atoms with E-state index in [2.05, 4.69) is 64.2 Å². The van der Waals surface area contributed by atoms with Crippen LogP contribution in [0, 0.1) is 13.8 Å². The molecule has 3 heterocycles. The maximum Gasteiger partial charge on any atom is 0.151 e. The number of nitrogens with zero attached hydrogens (tertiary/aromatic N) is 5. The lowest BCUT2D eigenvalue weighted by atomic mass is 10.1. The summed E-state index contributed by atoms with van der Waals surface area (Å²) in [5.41, 5.74) is 5.49. The summed E-state index contributed by atoms with van der Waals surface area (Å²) in [6.07, 6.45) is 0. The molecule has 0 amide bonds. The first-order valence-electron chi connectivity index (χ1n) is 11.0. The normalized spacial score (nSPS) is 14.1. The SMILES string of the molecule is COc1ccc(-c2ccc(N3CCN(c4cc(C)c5cccc(C)c5n4)CC3)nn2)cc1. The molecule has 1 aliphatic heterocycles. The maximum atomic E-state index is 5.23. The molecule has 5 rings (SSSR count). The minimum absolute atomic E-state index is 0.836. The van der Waals surface area contributed by atoms with E-state index in [-0.39, 0.29) is 0 Å². The minimum atomic E-state index is 0.836. The van der Waals surface area contributed by atoms with Crippen LogP contribution in [0.3, 0.4) is 0 Å². The Morgan fingerprint density at radius 3 is 2.12 bits per heavy atom. The van der Waals surface area contributed by atoms with Gasteiger partial charge in [-0.1, -0.05) is 18.2 Å². The Labute approximate surface area is 188 Å². The van der Waals surface area contributed by atoms with Gasteiger partial charge in [0, 0.05) is 37.1 Å². The Morgan fingerprint density at radius 1 is 0.750 bits per heavy atom. The molecule has 1 aliphatic rings. The van der Waals surface area contributed by atoms with E-state index in [1.807, 2.05) is 30.3 Å². The summed E-state index contributed by atoms with van der Waals surface area (Å²) in [7, 11) is 1.67. The highest BCUT2D eigenvalue weighted by molar-refractivity contribution is 5.86. The maximum absolute atomic E-state index is 5.23. The molecule has 162 valence electrons. The van der Waals surface area contributed by atoms with Crippen molar-refractivity contribution in [2.24, 2.45) is 0 Å². The van der Waals surface area contributed by atoms with Crippen molar-refractivity contribution in [3.63, 3.8) is 0 Å². The molecule has 1 fully saturated rings. The van der Waals surface area contributed by atoms with E-state index >= 15 is 0 Å². The van der Waals surface area contributed by atoms with Crippen molar-refractivity contribution in [2.75, 3.05) is 43.1 Å². The zero-order valence-electron chi connectivity index (χ0n) is 18.7. The van der Waals surface area contributed by atoms with Crippen LogP contribution in [0.2, 0.25) is 0 Å². The average Bonchev–Trinajstić information content (AvgIpc) is 2.85. The summed E-state index contributed by atoms with van der Waals surface area (Å²) >= 11 is 0. The van der Waals surface area contributed by atoms with E-state index in [1.165, 1.54) is 16.5 Å². The van der Waals surface area contributed by atoms with Crippen molar-refractivity contribution < 1.29 is 4.74 Å². The van der Waals surface area contributed by atoms with E-state index in [0.29, 0.717) is 0 Å². The Kier molecular flexibility index (Phi) is 5.35. The van der Waals surface area contributed by atoms with Crippen LogP contribution in [0.1, 0.15) is 11.1 Å². The molecule has 2 aromatic heterocycles. The second-order valence-corrected chi connectivity index (χ2v) is 8.25. The molecule has 32 heavy (non-hydrogen) atoms. The van der Waals surface area contributed by atoms with Crippen LogP contribution in [0.5, 0.6) is 5.75 Å². The number of aromatic nitrogens is 3. The van der Waals surface area contributed by atoms with Gasteiger partial charge in [0.05, 0.1) is 18.3 Å². The third-order valence-corrected chi connectivity index (χ3v) is 6.20. The number of aryl methyl sites for hydroxylation is 2. The number of para-hydroxylation sites is 1. The van der Waals surface area contributed by atoms with Gasteiger partial charge in [0.15, 0.2) is 5.82 Å². The lowest BCUT2D eigenvalue weighted by molar-refractivity contribution is 0.415. The number of benzene rings is 2. The predicted molar refractivity (Wildman–Crippen MR) is 130 cm³/mol. The van der Waals surface area contributed by atoms with E-state index < -0.39 is 0 Å². The largest absolute Gasteiger partial charge is 0.497 e.